The first-order valence-corrected chi connectivity index (χ1v) is 6.29. The Kier molecular flexibility index (Phi) is 3.02. The van der Waals surface area contributed by atoms with Crippen LogP contribution in [0, 0.1) is 6.92 Å². The Hall–Kier alpha value is -2.96. The Labute approximate surface area is 119 Å². The SMILES string of the molecule is Cc1ccn(Cc2cccc3ncnn23)c(=O)c1C(=O)O. The number of aromatic nitrogens is 4. The lowest BCUT2D eigenvalue weighted by Crippen LogP contribution is -2.28. The molecule has 106 valence electrons. The first-order valence-electron chi connectivity index (χ1n) is 6.29. The van der Waals surface area contributed by atoms with Crippen LogP contribution in [0.5, 0.6) is 0 Å². The lowest BCUT2D eigenvalue weighted by atomic mass is 10.1. The number of hydrogen-bond acceptors (Lipinski definition) is 4. The van der Waals surface area contributed by atoms with E-state index in [4.69, 9.17) is 5.11 Å². The number of aryl methyl sites for hydroxylation is 1. The molecule has 0 saturated carbocycles. The Bertz CT molecular complexity index is 895. The van der Waals surface area contributed by atoms with Gasteiger partial charge in [-0.3, -0.25) is 4.79 Å². The molecule has 1 N–H and O–H groups in total. The van der Waals surface area contributed by atoms with Gasteiger partial charge in [0.2, 0.25) is 0 Å². The van der Waals surface area contributed by atoms with Crippen LogP contribution in [0.2, 0.25) is 0 Å². The van der Waals surface area contributed by atoms with Crippen LogP contribution in [0.4, 0.5) is 0 Å². The largest absolute Gasteiger partial charge is 0.477 e. The number of hydrogen-bond donors (Lipinski definition) is 1. The molecule has 3 aromatic rings. The predicted octanol–water partition coefficient (Wildman–Crippen LogP) is 0.946. The van der Waals surface area contributed by atoms with Gasteiger partial charge in [-0.2, -0.15) is 5.10 Å². The quantitative estimate of drug-likeness (QED) is 0.773. The number of aromatic carboxylic acids is 1. The number of nitrogens with zero attached hydrogens (tertiary/aromatic N) is 4. The third-order valence-corrected chi connectivity index (χ3v) is 3.30. The van der Waals surface area contributed by atoms with Gasteiger partial charge in [0.15, 0.2) is 5.65 Å². The summed E-state index contributed by atoms with van der Waals surface area (Å²) in [6.07, 6.45) is 3.01. The van der Waals surface area contributed by atoms with Crippen molar-refractivity contribution >= 4 is 11.6 Å². The van der Waals surface area contributed by atoms with Crippen molar-refractivity contribution < 1.29 is 9.90 Å². The van der Waals surface area contributed by atoms with Crippen molar-refractivity contribution in [2.75, 3.05) is 0 Å². The molecule has 3 heterocycles. The van der Waals surface area contributed by atoms with E-state index in [0.29, 0.717) is 11.2 Å². The highest BCUT2D eigenvalue weighted by molar-refractivity contribution is 5.88. The molecule has 0 saturated heterocycles. The number of pyridine rings is 2. The van der Waals surface area contributed by atoms with E-state index in [0.717, 1.165) is 5.69 Å². The molecule has 0 spiro atoms. The van der Waals surface area contributed by atoms with Gasteiger partial charge in [0.25, 0.3) is 5.56 Å². The lowest BCUT2D eigenvalue weighted by molar-refractivity contribution is 0.0693. The minimum atomic E-state index is -1.22. The summed E-state index contributed by atoms with van der Waals surface area (Å²) in [7, 11) is 0. The maximum Gasteiger partial charge on any atom is 0.341 e. The van der Waals surface area contributed by atoms with Gasteiger partial charge in [0.1, 0.15) is 11.9 Å². The van der Waals surface area contributed by atoms with E-state index in [1.54, 1.807) is 29.8 Å². The van der Waals surface area contributed by atoms with E-state index in [1.807, 2.05) is 12.1 Å². The van der Waals surface area contributed by atoms with Crippen molar-refractivity contribution in [2.24, 2.45) is 0 Å². The molecule has 3 rings (SSSR count). The second-order valence-corrected chi connectivity index (χ2v) is 4.66. The van der Waals surface area contributed by atoms with Gasteiger partial charge in [0, 0.05) is 6.20 Å². The van der Waals surface area contributed by atoms with Gasteiger partial charge in [-0.1, -0.05) is 6.07 Å². The van der Waals surface area contributed by atoms with Crippen molar-refractivity contribution in [3.05, 3.63) is 64.0 Å². The number of fused-ring (bicyclic) bond motifs is 1. The van der Waals surface area contributed by atoms with Gasteiger partial charge < -0.3 is 9.67 Å². The third-order valence-electron chi connectivity index (χ3n) is 3.30. The van der Waals surface area contributed by atoms with E-state index in [1.165, 1.54) is 10.9 Å². The summed E-state index contributed by atoms with van der Waals surface area (Å²) in [4.78, 5) is 27.5. The van der Waals surface area contributed by atoms with Crippen LogP contribution in [-0.2, 0) is 6.54 Å². The monoisotopic (exact) mass is 284 g/mol. The first-order chi connectivity index (χ1) is 10.1. The second kappa shape index (κ2) is 4.86. The lowest BCUT2D eigenvalue weighted by Gasteiger charge is -2.09. The fourth-order valence-electron chi connectivity index (χ4n) is 2.25. The summed E-state index contributed by atoms with van der Waals surface area (Å²) < 4.78 is 2.97. The zero-order chi connectivity index (χ0) is 15.0. The number of carboxylic acids is 1. The Morgan fingerprint density at radius 1 is 1.33 bits per heavy atom. The molecule has 0 unspecified atom stereocenters. The summed E-state index contributed by atoms with van der Waals surface area (Å²) in [6.45, 7) is 1.83. The molecule has 0 amide bonds. The molecule has 0 radical (unpaired) electrons. The van der Waals surface area contributed by atoms with E-state index in [9.17, 15) is 9.59 Å². The van der Waals surface area contributed by atoms with E-state index in [-0.39, 0.29) is 12.1 Å². The van der Waals surface area contributed by atoms with Crippen LogP contribution in [-0.4, -0.2) is 30.2 Å². The highest BCUT2D eigenvalue weighted by atomic mass is 16.4. The number of carbonyl (C=O) groups is 1. The average Bonchev–Trinajstić information content (AvgIpc) is 2.91. The third kappa shape index (κ3) is 2.18. The number of carboxylic acid groups (broad SMARTS) is 1. The zero-order valence-electron chi connectivity index (χ0n) is 11.2. The summed E-state index contributed by atoms with van der Waals surface area (Å²) in [5.74, 6) is -1.22. The maximum atomic E-state index is 12.2. The zero-order valence-corrected chi connectivity index (χ0v) is 11.2. The molecule has 3 aromatic heterocycles. The molecular formula is C14H12N4O3. The summed E-state index contributed by atoms with van der Waals surface area (Å²) in [6, 6.07) is 7.05. The van der Waals surface area contributed by atoms with Crippen LogP contribution in [0.25, 0.3) is 5.65 Å². The van der Waals surface area contributed by atoms with Crippen molar-refractivity contribution in [1.82, 2.24) is 19.2 Å². The van der Waals surface area contributed by atoms with Crippen LogP contribution in [0.3, 0.4) is 0 Å². The van der Waals surface area contributed by atoms with Gasteiger partial charge in [-0.05, 0) is 30.7 Å². The van der Waals surface area contributed by atoms with Gasteiger partial charge in [0.05, 0.1) is 12.2 Å². The standard InChI is InChI=1S/C14H12N4O3/c1-9-5-6-17(13(19)12(9)14(20)21)7-10-3-2-4-11-15-8-16-18(10)11/h2-6,8H,7H2,1H3,(H,20,21). The number of rotatable bonds is 3. The summed E-state index contributed by atoms with van der Waals surface area (Å²) in [5, 5.41) is 13.2. The van der Waals surface area contributed by atoms with Crippen molar-refractivity contribution in [1.29, 1.82) is 0 Å². The highest BCUT2D eigenvalue weighted by Gasteiger charge is 2.15. The normalized spacial score (nSPS) is 10.9. The summed E-state index contributed by atoms with van der Waals surface area (Å²) >= 11 is 0. The molecule has 0 aliphatic heterocycles. The van der Waals surface area contributed by atoms with Crippen LogP contribution >= 0.6 is 0 Å². The average molecular weight is 284 g/mol. The first kappa shape index (κ1) is 13.0. The van der Waals surface area contributed by atoms with Crippen molar-refractivity contribution in [3.8, 4) is 0 Å². The maximum absolute atomic E-state index is 12.2. The fourth-order valence-corrected chi connectivity index (χ4v) is 2.25. The Morgan fingerprint density at radius 3 is 2.90 bits per heavy atom. The fraction of sp³-hybridized carbons (Fsp3) is 0.143. The molecule has 0 aliphatic rings. The van der Waals surface area contributed by atoms with E-state index >= 15 is 0 Å². The smallest absolute Gasteiger partial charge is 0.341 e. The van der Waals surface area contributed by atoms with Gasteiger partial charge in [-0.25, -0.2) is 14.3 Å². The van der Waals surface area contributed by atoms with Crippen LogP contribution in [0.15, 0.2) is 41.6 Å². The van der Waals surface area contributed by atoms with E-state index < -0.39 is 11.5 Å². The Morgan fingerprint density at radius 2 is 2.14 bits per heavy atom. The molecule has 7 nitrogen and oxygen atoms in total. The summed E-state index contributed by atoms with van der Waals surface area (Å²) in [5.41, 5.74) is 1.13. The van der Waals surface area contributed by atoms with E-state index in [2.05, 4.69) is 10.1 Å². The minimum absolute atomic E-state index is 0.205. The molecule has 7 heteroatoms. The predicted molar refractivity (Wildman–Crippen MR) is 74.5 cm³/mol. The Balaban J connectivity index is 2.11. The topological polar surface area (TPSA) is 89.5 Å². The molecule has 0 atom stereocenters. The molecule has 0 aromatic carbocycles. The molecular weight excluding hydrogens is 272 g/mol. The molecule has 0 fully saturated rings. The van der Waals surface area contributed by atoms with Gasteiger partial charge in [-0.15, -0.1) is 0 Å². The van der Waals surface area contributed by atoms with Crippen molar-refractivity contribution in [3.63, 3.8) is 0 Å². The van der Waals surface area contributed by atoms with Crippen LogP contribution < -0.4 is 5.56 Å². The second-order valence-electron chi connectivity index (χ2n) is 4.66. The minimum Gasteiger partial charge on any atom is -0.477 e. The molecule has 21 heavy (non-hydrogen) atoms. The van der Waals surface area contributed by atoms with Gasteiger partial charge >= 0.3 is 5.97 Å². The van der Waals surface area contributed by atoms with Crippen LogP contribution in [0.1, 0.15) is 21.6 Å². The molecule has 0 bridgehead atoms. The highest BCUT2D eigenvalue weighted by Crippen LogP contribution is 2.07. The molecule has 0 aliphatic carbocycles. The van der Waals surface area contributed by atoms with Crippen molar-refractivity contribution in [2.45, 2.75) is 13.5 Å².